The molecule has 0 saturated heterocycles. The zero-order valence-electron chi connectivity index (χ0n) is 32.5. The Morgan fingerprint density at radius 2 is 0.700 bits per heavy atom. The van der Waals surface area contributed by atoms with E-state index in [0.717, 1.165) is 94.5 Å². The van der Waals surface area contributed by atoms with Crippen LogP contribution in [0.15, 0.2) is 227 Å². The largest absolute Gasteiger partial charge is 0.456 e. The molecule has 0 atom stereocenters. The summed E-state index contributed by atoms with van der Waals surface area (Å²) >= 11 is 0. The SMILES string of the molecule is c1ccc(-c2cc(N(c3ccccc3)c3ccccc3)cc(N(c3ccc4ccc5cc6oc7ccccc7c6cc5c4c3)c3ccc4oc5ccccc5c4c3)c2)cc1. The molecule has 60 heavy (non-hydrogen) atoms. The Morgan fingerprint density at radius 3 is 1.37 bits per heavy atom. The average Bonchev–Trinajstić information content (AvgIpc) is 3.87. The summed E-state index contributed by atoms with van der Waals surface area (Å²) in [4.78, 5) is 4.74. The van der Waals surface area contributed by atoms with Gasteiger partial charge in [0.25, 0.3) is 0 Å². The average molecular weight is 769 g/mol. The summed E-state index contributed by atoms with van der Waals surface area (Å²) in [7, 11) is 0. The van der Waals surface area contributed by atoms with Crippen LogP contribution < -0.4 is 9.80 Å². The monoisotopic (exact) mass is 768 g/mol. The van der Waals surface area contributed by atoms with Gasteiger partial charge >= 0.3 is 0 Å². The van der Waals surface area contributed by atoms with Crippen molar-refractivity contribution in [1.82, 2.24) is 0 Å². The van der Waals surface area contributed by atoms with Crippen LogP contribution in [-0.4, -0.2) is 0 Å². The van der Waals surface area contributed by atoms with Gasteiger partial charge in [0.05, 0.1) is 0 Å². The molecule has 2 heterocycles. The van der Waals surface area contributed by atoms with Crippen LogP contribution in [0.3, 0.4) is 0 Å². The number of rotatable bonds is 7. The Morgan fingerprint density at radius 1 is 0.233 bits per heavy atom. The minimum Gasteiger partial charge on any atom is -0.456 e. The summed E-state index contributed by atoms with van der Waals surface area (Å²) in [6.07, 6.45) is 0. The third kappa shape index (κ3) is 5.69. The van der Waals surface area contributed by atoms with Gasteiger partial charge in [0.1, 0.15) is 22.3 Å². The van der Waals surface area contributed by atoms with Crippen molar-refractivity contribution in [3.05, 3.63) is 218 Å². The fourth-order valence-electron chi connectivity index (χ4n) is 8.95. The lowest BCUT2D eigenvalue weighted by molar-refractivity contribution is 0.668. The molecule has 0 bridgehead atoms. The minimum atomic E-state index is 0.860. The predicted molar refractivity (Wildman–Crippen MR) is 251 cm³/mol. The van der Waals surface area contributed by atoms with Crippen molar-refractivity contribution in [2.24, 2.45) is 0 Å². The van der Waals surface area contributed by atoms with Crippen molar-refractivity contribution in [2.75, 3.05) is 9.80 Å². The molecular formula is C56H36N2O2. The van der Waals surface area contributed by atoms with E-state index >= 15 is 0 Å². The molecule has 0 spiro atoms. The van der Waals surface area contributed by atoms with E-state index in [-0.39, 0.29) is 0 Å². The molecule has 0 N–H and O–H groups in total. The van der Waals surface area contributed by atoms with E-state index in [1.807, 2.05) is 24.3 Å². The lowest BCUT2D eigenvalue weighted by Gasteiger charge is -2.30. The standard InChI is InChI=1S/C56H36N2O2/c1-4-14-37(15-5-1)40-30-45(57(41-16-6-2-7-17-41)42-18-8-3-9-19-42)33-46(31-40)58(44-28-29-55-51(35-44)47-20-10-12-22-53(47)59-55)43-27-26-38-24-25-39-32-56-52(36-50(39)49(38)34-43)48-21-11-13-23-54(48)60-56/h1-36H. The molecule has 0 saturated carbocycles. The summed E-state index contributed by atoms with van der Waals surface area (Å²) in [6, 6.07) is 77.8. The second-order valence-corrected chi connectivity index (χ2v) is 15.4. The summed E-state index contributed by atoms with van der Waals surface area (Å²) in [6.45, 7) is 0. The van der Waals surface area contributed by atoms with Crippen molar-refractivity contribution in [3.63, 3.8) is 0 Å². The Bertz CT molecular complexity index is 3510. The first-order chi connectivity index (χ1) is 29.7. The first-order valence-electron chi connectivity index (χ1n) is 20.3. The Kier molecular flexibility index (Phi) is 7.82. The summed E-state index contributed by atoms with van der Waals surface area (Å²) < 4.78 is 12.7. The van der Waals surface area contributed by atoms with Crippen LogP contribution in [0.2, 0.25) is 0 Å². The number of hydrogen-bond donors (Lipinski definition) is 0. The molecule has 0 unspecified atom stereocenters. The van der Waals surface area contributed by atoms with Gasteiger partial charge < -0.3 is 18.6 Å². The molecule has 0 aliphatic carbocycles. The molecule has 0 amide bonds. The molecule has 0 aliphatic rings. The van der Waals surface area contributed by atoms with Gasteiger partial charge in [-0.25, -0.2) is 0 Å². The second kappa shape index (κ2) is 13.8. The molecule has 0 fully saturated rings. The summed E-state index contributed by atoms with van der Waals surface area (Å²) in [5.74, 6) is 0. The fraction of sp³-hybridized carbons (Fsp3) is 0. The van der Waals surface area contributed by atoms with Gasteiger partial charge in [0.2, 0.25) is 0 Å². The van der Waals surface area contributed by atoms with Crippen molar-refractivity contribution >= 4 is 99.5 Å². The maximum atomic E-state index is 6.36. The van der Waals surface area contributed by atoms with Gasteiger partial charge in [-0.1, -0.05) is 121 Å². The van der Waals surface area contributed by atoms with Gasteiger partial charge in [0.15, 0.2) is 0 Å². The number of para-hydroxylation sites is 4. The molecule has 4 heteroatoms. The first kappa shape index (κ1) is 34.0. The molecule has 2 aromatic heterocycles. The van der Waals surface area contributed by atoms with Crippen LogP contribution >= 0.6 is 0 Å². The molecule has 0 aliphatic heterocycles. The number of anilines is 6. The Hall–Kier alpha value is -8.08. The van der Waals surface area contributed by atoms with E-state index in [9.17, 15) is 0 Å². The molecule has 10 aromatic carbocycles. The van der Waals surface area contributed by atoms with E-state index in [2.05, 4.69) is 204 Å². The molecule has 4 nitrogen and oxygen atoms in total. The molecule has 282 valence electrons. The van der Waals surface area contributed by atoms with Gasteiger partial charge in [-0.2, -0.15) is 0 Å². The van der Waals surface area contributed by atoms with Crippen LogP contribution in [0.1, 0.15) is 0 Å². The Balaban J connectivity index is 1.14. The molecule has 12 aromatic rings. The number of fused-ring (bicyclic) bond motifs is 9. The number of furan rings is 2. The minimum absolute atomic E-state index is 0.860. The topological polar surface area (TPSA) is 32.8 Å². The third-order valence-electron chi connectivity index (χ3n) is 11.7. The van der Waals surface area contributed by atoms with Crippen LogP contribution in [-0.2, 0) is 0 Å². The van der Waals surface area contributed by atoms with E-state index in [1.54, 1.807) is 0 Å². The zero-order valence-corrected chi connectivity index (χ0v) is 32.5. The van der Waals surface area contributed by atoms with Gasteiger partial charge in [-0.3, -0.25) is 0 Å². The van der Waals surface area contributed by atoms with E-state index in [4.69, 9.17) is 8.83 Å². The van der Waals surface area contributed by atoms with Crippen LogP contribution in [0.5, 0.6) is 0 Å². The van der Waals surface area contributed by atoms with Gasteiger partial charge in [-0.05, 0) is 130 Å². The highest BCUT2D eigenvalue weighted by Crippen LogP contribution is 2.46. The maximum Gasteiger partial charge on any atom is 0.136 e. The second-order valence-electron chi connectivity index (χ2n) is 15.4. The number of hydrogen-bond acceptors (Lipinski definition) is 4. The first-order valence-corrected chi connectivity index (χ1v) is 20.3. The van der Waals surface area contributed by atoms with Crippen molar-refractivity contribution in [2.45, 2.75) is 0 Å². The summed E-state index contributed by atoms with van der Waals surface area (Å²) in [5.41, 5.74) is 12.1. The molecule has 12 rings (SSSR count). The molecular weight excluding hydrogens is 733 g/mol. The number of nitrogens with zero attached hydrogens (tertiary/aromatic N) is 2. The van der Waals surface area contributed by atoms with E-state index in [1.165, 1.54) is 16.2 Å². The van der Waals surface area contributed by atoms with Crippen molar-refractivity contribution in [1.29, 1.82) is 0 Å². The van der Waals surface area contributed by atoms with Gasteiger partial charge in [-0.15, -0.1) is 0 Å². The highest BCUT2D eigenvalue weighted by atomic mass is 16.3. The highest BCUT2D eigenvalue weighted by molar-refractivity contribution is 6.17. The van der Waals surface area contributed by atoms with E-state index < -0.39 is 0 Å². The third-order valence-corrected chi connectivity index (χ3v) is 11.7. The summed E-state index contributed by atoms with van der Waals surface area (Å²) in [5, 5.41) is 9.07. The lowest BCUT2D eigenvalue weighted by Crippen LogP contribution is -2.13. The normalized spacial score (nSPS) is 11.7. The smallest absolute Gasteiger partial charge is 0.136 e. The molecule has 0 radical (unpaired) electrons. The lowest BCUT2D eigenvalue weighted by atomic mass is 9.98. The van der Waals surface area contributed by atoms with Gasteiger partial charge in [0, 0.05) is 55.7 Å². The van der Waals surface area contributed by atoms with Crippen LogP contribution in [0, 0.1) is 0 Å². The van der Waals surface area contributed by atoms with Crippen molar-refractivity contribution in [3.8, 4) is 11.1 Å². The quantitative estimate of drug-likeness (QED) is 0.151. The van der Waals surface area contributed by atoms with Crippen LogP contribution in [0.4, 0.5) is 34.1 Å². The maximum absolute atomic E-state index is 6.36. The fourth-order valence-corrected chi connectivity index (χ4v) is 8.95. The predicted octanol–water partition coefficient (Wildman–Crippen LogP) is 16.4. The van der Waals surface area contributed by atoms with Crippen molar-refractivity contribution < 1.29 is 8.83 Å². The zero-order chi connectivity index (χ0) is 39.6. The van der Waals surface area contributed by atoms with E-state index in [0.29, 0.717) is 0 Å². The van der Waals surface area contributed by atoms with Crippen LogP contribution in [0.25, 0.3) is 76.5 Å². The Labute approximate surface area is 346 Å². The number of benzene rings is 10. The highest BCUT2D eigenvalue weighted by Gasteiger charge is 2.21.